The number of sulfonamides is 1. The zero-order valence-corrected chi connectivity index (χ0v) is 19.1. The second-order valence-electron chi connectivity index (χ2n) is 7.30. The van der Waals surface area contributed by atoms with E-state index in [1.54, 1.807) is 0 Å². The largest absolute Gasteiger partial charge is 0.511 e. The topological polar surface area (TPSA) is 94.0 Å². The van der Waals surface area contributed by atoms with Crippen LogP contribution < -0.4 is 10.6 Å². The average molecular weight is 542 g/mol. The number of guanidine groups is 1. The van der Waals surface area contributed by atoms with Crippen LogP contribution >= 0.6 is 24.0 Å². The van der Waals surface area contributed by atoms with Gasteiger partial charge in [-0.25, -0.2) is 8.42 Å². The minimum Gasteiger partial charge on any atom is -0.388 e. The first-order valence-corrected chi connectivity index (χ1v) is 10.8. The van der Waals surface area contributed by atoms with Crippen molar-refractivity contribution in [3.05, 3.63) is 0 Å². The molecule has 0 atom stereocenters. The van der Waals surface area contributed by atoms with Crippen LogP contribution in [-0.4, -0.2) is 67.6 Å². The first-order chi connectivity index (χ1) is 12.6. The van der Waals surface area contributed by atoms with Gasteiger partial charge in [-0.05, 0) is 38.5 Å². The van der Waals surface area contributed by atoms with Crippen molar-refractivity contribution in [1.82, 2.24) is 14.9 Å². The maximum atomic E-state index is 12.6. The third-order valence-corrected chi connectivity index (χ3v) is 6.80. The maximum Gasteiger partial charge on any atom is 0.511 e. The molecule has 0 aromatic rings. The van der Waals surface area contributed by atoms with Crippen molar-refractivity contribution in [3.63, 3.8) is 0 Å². The summed E-state index contributed by atoms with van der Waals surface area (Å²) in [6, 6.07) is 0. The van der Waals surface area contributed by atoms with Gasteiger partial charge in [-0.3, -0.25) is 4.99 Å². The van der Waals surface area contributed by atoms with E-state index in [9.17, 15) is 26.7 Å². The molecule has 1 saturated heterocycles. The van der Waals surface area contributed by atoms with Crippen LogP contribution in [0.5, 0.6) is 0 Å². The summed E-state index contributed by atoms with van der Waals surface area (Å²) in [7, 11) is -5.24. The molecule has 1 aliphatic heterocycles. The molecule has 0 aromatic heterocycles. The lowest BCUT2D eigenvalue weighted by atomic mass is 9.98. The van der Waals surface area contributed by atoms with Gasteiger partial charge >= 0.3 is 15.5 Å². The fourth-order valence-electron chi connectivity index (χ4n) is 3.50. The Kier molecular flexibility index (Phi) is 9.74. The van der Waals surface area contributed by atoms with E-state index in [0.717, 1.165) is 25.7 Å². The Bertz CT molecular complexity index is 617. The third-order valence-electron chi connectivity index (χ3n) is 5.17. The smallest absolute Gasteiger partial charge is 0.388 e. The number of hydrogen-bond acceptors (Lipinski definition) is 4. The highest BCUT2D eigenvalue weighted by Gasteiger charge is 2.50. The first kappa shape index (κ1) is 25.7. The van der Waals surface area contributed by atoms with Crippen molar-refractivity contribution < 1.29 is 26.7 Å². The van der Waals surface area contributed by atoms with Gasteiger partial charge in [0.15, 0.2) is 5.96 Å². The van der Waals surface area contributed by atoms with E-state index in [1.807, 2.05) is 6.92 Å². The summed E-state index contributed by atoms with van der Waals surface area (Å²) in [6.45, 7) is 3.09. The number of hydrogen-bond donors (Lipinski definition) is 3. The van der Waals surface area contributed by atoms with Crippen LogP contribution in [0.4, 0.5) is 13.2 Å². The van der Waals surface area contributed by atoms with Crippen LogP contribution in [0.3, 0.4) is 0 Å². The lowest BCUT2D eigenvalue weighted by Gasteiger charge is -2.31. The van der Waals surface area contributed by atoms with Gasteiger partial charge in [0, 0.05) is 26.2 Å². The highest BCUT2D eigenvalue weighted by Crippen LogP contribution is 2.30. The number of rotatable bonds is 6. The van der Waals surface area contributed by atoms with E-state index in [4.69, 9.17) is 0 Å². The standard InChI is InChI=1S/C16H29F3N4O3S.HI/c1-2-20-14(22-12-15(24)7-3-4-8-15)21-11-13-5-9-23(10-6-13)27(25,26)16(17,18)19;/h13,24H,2-12H2,1H3,(H2,20,21,22);1H. The van der Waals surface area contributed by atoms with E-state index in [1.165, 1.54) is 0 Å². The molecule has 12 heteroatoms. The molecule has 2 fully saturated rings. The Hall–Kier alpha value is -0.340. The molecule has 1 saturated carbocycles. The van der Waals surface area contributed by atoms with Crippen LogP contribution in [0.25, 0.3) is 0 Å². The number of aliphatic hydroxyl groups is 1. The predicted octanol–water partition coefficient (Wildman–Crippen LogP) is 2.03. The van der Waals surface area contributed by atoms with Crippen molar-refractivity contribution >= 4 is 40.0 Å². The van der Waals surface area contributed by atoms with Gasteiger partial charge in [-0.1, -0.05) is 12.8 Å². The molecule has 3 N–H and O–H groups in total. The Morgan fingerprint density at radius 1 is 1.21 bits per heavy atom. The van der Waals surface area contributed by atoms with E-state index < -0.39 is 21.1 Å². The maximum absolute atomic E-state index is 12.6. The zero-order valence-electron chi connectivity index (χ0n) is 16.0. The average Bonchev–Trinajstić information content (AvgIpc) is 3.04. The first-order valence-electron chi connectivity index (χ1n) is 9.38. The number of halogens is 4. The molecule has 2 rings (SSSR count). The monoisotopic (exact) mass is 542 g/mol. The van der Waals surface area contributed by atoms with Gasteiger partial charge in [0.1, 0.15) is 0 Å². The summed E-state index contributed by atoms with van der Waals surface area (Å²) >= 11 is 0. The Balaban J connectivity index is 0.00000392. The van der Waals surface area contributed by atoms with Crippen LogP contribution in [0.2, 0.25) is 0 Å². The molecular weight excluding hydrogens is 512 g/mol. The number of aliphatic imine (C=N–C) groups is 1. The van der Waals surface area contributed by atoms with Gasteiger partial charge < -0.3 is 15.7 Å². The minimum atomic E-state index is -5.25. The third kappa shape index (κ3) is 6.87. The quantitative estimate of drug-likeness (QED) is 0.272. The normalized spacial score (nSPS) is 22.0. The number of nitrogens with zero attached hydrogens (tertiary/aromatic N) is 2. The predicted molar refractivity (Wildman–Crippen MR) is 112 cm³/mol. The molecule has 166 valence electrons. The lowest BCUT2D eigenvalue weighted by Crippen LogP contribution is -2.47. The van der Waals surface area contributed by atoms with E-state index >= 15 is 0 Å². The van der Waals surface area contributed by atoms with Crippen molar-refractivity contribution in [2.75, 3.05) is 32.7 Å². The van der Waals surface area contributed by atoms with Crippen LogP contribution in [-0.2, 0) is 10.0 Å². The summed E-state index contributed by atoms with van der Waals surface area (Å²) in [5, 5.41) is 16.6. The van der Waals surface area contributed by atoms with Crippen LogP contribution in [0, 0.1) is 5.92 Å². The highest BCUT2D eigenvalue weighted by atomic mass is 127. The Labute approximate surface area is 181 Å². The SMILES string of the molecule is CCNC(=NCC1(O)CCCC1)NCC1CCN(S(=O)(=O)C(F)(F)F)CC1.I. The lowest BCUT2D eigenvalue weighted by molar-refractivity contribution is -0.0496. The van der Waals surface area contributed by atoms with Gasteiger partial charge in [0.25, 0.3) is 0 Å². The molecule has 0 radical (unpaired) electrons. The fraction of sp³-hybridized carbons (Fsp3) is 0.938. The van der Waals surface area contributed by atoms with E-state index in [-0.39, 0.29) is 43.0 Å². The molecule has 0 unspecified atom stereocenters. The molecule has 1 aliphatic carbocycles. The molecule has 0 amide bonds. The Morgan fingerprint density at radius 3 is 2.29 bits per heavy atom. The summed E-state index contributed by atoms with van der Waals surface area (Å²) in [6.07, 6.45) is 4.17. The fourth-order valence-corrected chi connectivity index (χ4v) is 4.48. The number of alkyl halides is 3. The second kappa shape index (κ2) is 10.6. The number of nitrogens with one attached hydrogen (secondary N) is 2. The number of piperidine rings is 1. The molecule has 7 nitrogen and oxygen atoms in total. The zero-order chi connectivity index (χ0) is 20.1. The molecule has 0 aromatic carbocycles. The van der Waals surface area contributed by atoms with Crippen LogP contribution in [0.1, 0.15) is 45.4 Å². The van der Waals surface area contributed by atoms with Crippen molar-refractivity contribution in [2.24, 2.45) is 10.9 Å². The van der Waals surface area contributed by atoms with Crippen molar-refractivity contribution in [2.45, 2.75) is 56.6 Å². The van der Waals surface area contributed by atoms with Gasteiger partial charge in [0.2, 0.25) is 0 Å². The molecule has 2 aliphatic rings. The Morgan fingerprint density at radius 2 is 1.79 bits per heavy atom. The summed E-state index contributed by atoms with van der Waals surface area (Å²) in [5.74, 6) is 0.617. The summed E-state index contributed by atoms with van der Waals surface area (Å²) in [4.78, 5) is 4.43. The molecule has 0 bridgehead atoms. The molecule has 0 spiro atoms. The van der Waals surface area contributed by atoms with E-state index in [2.05, 4.69) is 15.6 Å². The van der Waals surface area contributed by atoms with E-state index in [0.29, 0.717) is 42.7 Å². The minimum absolute atomic E-state index is 0. The van der Waals surface area contributed by atoms with Crippen molar-refractivity contribution in [1.29, 1.82) is 0 Å². The van der Waals surface area contributed by atoms with Gasteiger partial charge in [-0.2, -0.15) is 17.5 Å². The molecule has 1 heterocycles. The summed E-state index contributed by atoms with van der Waals surface area (Å²) < 4.78 is 61.2. The van der Waals surface area contributed by atoms with Crippen molar-refractivity contribution in [3.8, 4) is 0 Å². The van der Waals surface area contributed by atoms with Gasteiger partial charge in [0.05, 0.1) is 12.1 Å². The second-order valence-corrected chi connectivity index (χ2v) is 9.23. The molecule has 28 heavy (non-hydrogen) atoms. The van der Waals surface area contributed by atoms with Crippen LogP contribution in [0.15, 0.2) is 4.99 Å². The summed E-state index contributed by atoms with van der Waals surface area (Å²) in [5.41, 5.74) is -6.00. The highest BCUT2D eigenvalue weighted by molar-refractivity contribution is 14.0. The molecular formula is C16H30F3IN4O3S. The van der Waals surface area contributed by atoms with Gasteiger partial charge in [-0.15, -0.1) is 24.0 Å².